The number of pyridine rings is 2. The van der Waals surface area contributed by atoms with Gasteiger partial charge in [0.25, 0.3) is 0 Å². The van der Waals surface area contributed by atoms with Crippen LogP contribution in [0.15, 0.2) is 47.5 Å². The van der Waals surface area contributed by atoms with Gasteiger partial charge in [-0.05, 0) is 32.0 Å². The zero-order chi connectivity index (χ0) is 17.2. The summed E-state index contributed by atoms with van der Waals surface area (Å²) < 4.78 is 43.0. The summed E-state index contributed by atoms with van der Waals surface area (Å²) in [6.45, 7) is 3.87. The van der Waals surface area contributed by atoms with Crippen LogP contribution in [0.2, 0.25) is 0 Å². The average Bonchev–Trinajstić information content (AvgIpc) is 2.84. The second-order valence-corrected chi connectivity index (χ2v) is 4.91. The molecule has 1 N–H and O–H groups in total. The summed E-state index contributed by atoms with van der Waals surface area (Å²) in [4.78, 5) is 14.7. The predicted molar refractivity (Wildman–Crippen MR) is 79.7 cm³/mol. The molecule has 0 fully saturated rings. The van der Waals surface area contributed by atoms with Gasteiger partial charge in [0.1, 0.15) is 6.20 Å². The number of fused-ring (bicyclic) bond motifs is 1. The van der Waals surface area contributed by atoms with Gasteiger partial charge in [-0.3, -0.25) is 4.79 Å². The van der Waals surface area contributed by atoms with Gasteiger partial charge in [-0.25, -0.2) is 4.98 Å². The van der Waals surface area contributed by atoms with Crippen LogP contribution in [-0.4, -0.2) is 16.9 Å². The van der Waals surface area contributed by atoms with Gasteiger partial charge in [0.05, 0.1) is 23.0 Å². The Kier molecular flexibility index (Phi) is 4.58. The molecule has 3 rings (SSSR count). The van der Waals surface area contributed by atoms with Crippen LogP contribution in [0, 0.1) is 13.8 Å². The predicted octanol–water partition coefficient (Wildman–Crippen LogP) is 2.85. The summed E-state index contributed by atoms with van der Waals surface area (Å²) in [5, 5.41) is 1.13. The molecule has 0 spiro atoms. The summed E-state index contributed by atoms with van der Waals surface area (Å²) in [6, 6.07) is 9.35. The zero-order valence-electron chi connectivity index (χ0n) is 12.4. The van der Waals surface area contributed by atoms with Crippen LogP contribution in [0.3, 0.4) is 0 Å². The van der Waals surface area contributed by atoms with Gasteiger partial charge >= 0.3 is 12.9 Å². The van der Waals surface area contributed by atoms with E-state index >= 15 is 0 Å². The van der Waals surface area contributed by atoms with Crippen molar-refractivity contribution in [2.24, 2.45) is 0 Å². The molecular formula is C14H14BF4N3O. The molecule has 0 saturated heterocycles. The van der Waals surface area contributed by atoms with E-state index in [-0.39, 0.29) is 5.43 Å². The molecule has 9 heteroatoms. The highest BCUT2D eigenvalue weighted by atomic mass is 19.5. The molecular weight excluding hydrogens is 313 g/mol. The van der Waals surface area contributed by atoms with E-state index < -0.39 is 7.25 Å². The number of aryl methyl sites for hydroxylation is 2. The summed E-state index contributed by atoms with van der Waals surface area (Å²) in [5.74, 6) is 0. The molecule has 122 valence electrons. The third kappa shape index (κ3) is 4.21. The Hall–Kier alpha value is -2.58. The van der Waals surface area contributed by atoms with Crippen molar-refractivity contribution in [3.05, 3.63) is 64.3 Å². The third-order valence-electron chi connectivity index (χ3n) is 3.07. The molecule has 3 aromatic heterocycles. The monoisotopic (exact) mass is 327 g/mol. The lowest BCUT2D eigenvalue weighted by atomic mass is 10.3. The van der Waals surface area contributed by atoms with Gasteiger partial charge in [0.2, 0.25) is 0 Å². The minimum absolute atomic E-state index is 0.0421. The Bertz CT molecular complexity index is 853. The number of H-pyrrole nitrogens is 1. The number of halogens is 4. The van der Waals surface area contributed by atoms with Crippen molar-refractivity contribution in [2.75, 3.05) is 0 Å². The van der Waals surface area contributed by atoms with Crippen LogP contribution >= 0.6 is 0 Å². The van der Waals surface area contributed by atoms with Crippen molar-refractivity contribution in [3.8, 4) is 0 Å². The van der Waals surface area contributed by atoms with Crippen LogP contribution in [-0.2, 0) is 0 Å². The van der Waals surface area contributed by atoms with Crippen molar-refractivity contribution in [1.82, 2.24) is 9.66 Å². The van der Waals surface area contributed by atoms with Crippen LogP contribution in [0.1, 0.15) is 11.4 Å². The Labute approximate surface area is 129 Å². The summed E-state index contributed by atoms with van der Waals surface area (Å²) in [7, 11) is -6.00. The van der Waals surface area contributed by atoms with Crippen molar-refractivity contribution < 1.29 is 21.9 Å². The van der Waals surface area contributed by atoms with Gasteiger partial charge in [0.15, 0.2) is 5.43 Å². The van der Waals surface area contributed by atoms with E-state index in [1.807, 2.05) is 47.7 Å². The maximum atomic E-state index is 11.5. The number of aromatic amines is 1. The standard InChI is InChI=1S/C14H13N3O.BF4/c1-10-8-13(18)9-11(2)17(10)16-7-3-4-12-5-6-15-14(12)16;2-1(3,4)5/h3-9H,1-2H3;/q;-1/p+1. The topological polar surface area (TPSA) is 41.7 Å². The average molecular weight is 327 g/mol. The Morgan fingerprint density at radius 1 is 1.09 bits per heavy atom. The SMILES string of the molecule is Cc1cc(=O)cc(C)n1-[n+]1cccc2cc[nH]c21.F[B-](F)(F)F. The first kappa shape index (κ1) is 16.8. The quantitative estimate of drug-likeness (QED) is 0.417. The lowest BCUT2D eigenvalue weighted by Crippen LogP contribution is -2.45. The van der Waals surface area contributed by atoms with Crippen LogP contribution in [0.25, 0.3) is 11.0 Å². The fourth-order valence-corrected chi connectivity index (χ4v) is 2.37. The summed E-state index contributed by atoms with van der Waals surface area (Å²) >= 11 is 0. The minimum Gasteiger partial charge on any atom is -0.418 e. The van der Waals surface area contributed by atoms with E-state index in [0.717, 1.165) is 22.4 Å². The Morgan fingerprint density at radius 3 is 2.22 bits per heavy atom. The normalized spacial score (nSPS) is 11.2. The van der Waals surface area contributed by atoms with Crippen LogP contribution in [0.5, 0.6) is 0 Å². The number of aromatic nitrogens is 3. The third-order valence-corrected chi connectivity index (χ3v) is 3.07. The zero-order valence-corrected chi connectivity index (χ0v) is 12.4. The fourth-order valence-electron chi connectivity index (χ4n) is 2.37. The van der Waals surface area contributed by atoms with E-state index in [2.05, 4.69) is 11.1 Å². The van der Waals surface area contributed by atoms with Gasteiger partial charge in [-0.2, -0.15) is 4.68 Å². The molecule has 0 radical (unpaired) electrons. The Morgan fingerprint density at radius 2 is 1.65 bits per heavy atom. The van der Waals surface area contributed by atoms with E-state index in [1.165, 1.54) is 0 Å². The molecule has 0 aliphatic carbocycles. The van der Waals surface area contributed by atoms with Crippen LogP contribution in [0.4, 0.5) is 17.3 Å². The summed E-state index contributed by atoms with van der Waals surface area (Å²) in [5.41, 5.74) is 2.87. The molecule has 3 heterocycles. The molecule has 0 saturated carbocycles. The van der Waals surface area contributed by atoms with Crippen molar-refractivity contribution in [2.45, 2.75) is 13.8 Å². The number of nitrogens with one attached hydrogen (secondary N) is 1. The smallest absolute Gasteiger partial charge is 0.418 e. The van der Waals surface area contributed by atoms with Crippen LogP contribution < -0.4 is 10.1 Å². The molecule has 0 unspecified atom stereocenters. The number of rotatable bonds is 1. The molecule has 0 bridgehead atoms. The van der Waals surface area contributed by atoms with E-state index in [1.54, 1.807) is 12.1 Å². The summed E-state index contributed by atoms with van der Waals surface area (Å²) in [6.07, 6.45) is 3.89. The molecule has 0 atom stereocenters. The van der Waals surface area contributed by atoms with Crippen molar-refractivity contribution >= 4 is 18.3 Å². The highest BCUT2D eigenvalue weighted by Crippen LogP contribution is 2.08. The lowest BCUT2D eigenvalue weighted by Gasteiger charge is -2.11. The molecule has 23 heavy (non-hydrogen) atoms. The van der Waals surface area contributed by atoms with Gasteiger partial charge in [0, 0.05) is 12.1 Å². The fraction of sp³-hybridized carbons (Fsp3) is 0.143. The highest BCUT2D eigenvalue weighted by molar-refractivity contribution is 6.50. The van der Waals surface area contributed by atoms with Gasteiger partial charge in [-0.1, -0.05) is 0 Å². The molecule has 3 aromatic rings. The van der Waals surface area contributed by atoms with E-state index in [9.17, 15) is 22.1 Å². The number of hydrogen-bond acceptors (Lipinski definition) is 1. The first-order chi connectivity index (χ1) is 10.7. The molecule has 0 aliphatic rings. The van der Waals surface area contributed by atoms with E-state index in [4.69, 9.17) is 0 Å². The number of hydrogen-bond donors (Lipinski definition) is 1. The second-order valence-electron chi connectivity index (χ2n) is 4.91. The Balaban J connectivity index is 0.000000338. The first-order valence-corrected chi connectivity index (χ1v) is 6.73. The maximum absolute atomic E-state index is 11.5. The molecule has 0 amide bonds. The van der Waals surface area contributed by atoms with E-state index in [0.29, 0.717) is 0 Å². The van der Waals surface area contributed by atoms with Crippen molar-refractivity contribution in [1.29, 1.82) is 0 Å². The maximum Gasteiger partial charge on any atom is 0.673 e. The largest absolute Gasteiger partial charge is 0.673 e. The first-order valence-electron chi connectivity index (χ1n) is 6.73. The van der Waals surface area contributed by atoms with Crippen molar-refractivity contribution in [3.63, 3.8) is 0 Å². The molecule has 4 nitrogen and oxygen atoms in total. The molecule has 0 aromatic carbocycles. The minimum atomic E-state index is -6.00. The highest BCUT2D eigenvalue weighted by Gasteiger charge is 2.20. The lowest BCUT2D eigenvalue weighted by molar-refractivity contribution is -0.706. The second kappa shape index (κ2) is 6.27. The molecule has 0 aliphatic heterocycles. The number of nitrogens with zero attached hydrogens (tertiary/aromatic N) is 2. The van der Waals surface area contributed by atoms with Gasteiger partial charge < -0.3 is 17.3 Å². The van der Waals surface area contributed by atoms with Gasteiger partial charge in [-0.15, -0.1) is 4.68 Å².